The van der Waals surface area contributed by atoms with Crippen LogP contribution in [-0.4, -0.2) is 37.3 Å². The number of hydrogen-bond acceptors (Lipinski definition) is 4. The van der Waals surface area contributed by atoms with Crippen molar-refractivity contribution in [3.63, 3.8) is 0 Å². The minimum absolute atomic E-state index is 0.297. The first-order valence-electron chi connectivity index (χ1n) is 6.48. The molecule has 2 aliphatic rings. The van der Waals surface area contributed by atoms with Gasteiger partial charge in [-0.15, -0.1) is 0 Å². The minimum atomic E-state index is -0.716. The molecule has 0 aromatic carbocycles. The van der Waals surface area contributed by atoms with Crippen molar-refractivity contribution in [3.8, 4) is 0 Å². The van der Waals surface area contributed by atoms with E-state index in [0.29, 0.717) is 18.9 Å². The normalized spacial score (nSPS) is 24.8. The van der Waals surface area contributed by atoms with E-state index in [1.54, 1.807) is 0 Å². The highest BCUT2D eigenvalue weighted by Gasteiger charge is 2.28. The average molecular weight is 267 g/mol. The van der Waals surface area contributed by atoms with E-state index in [0.717, 1.165) is 30.9 Å². The SMILES string of the molecule is O=C(O)C1CCc2nc(C3CCSCC3)nn2C1. The van der Waals surface area contributed by atoms with E-state index in [9.17, 15) is 4.79 Å². The van der Waals surface area contributed by atoms with Crippen molar-refractivity contribution in [2.45, 2.75) is 38.1 Å². The molecule has 0 spiro atoms. The molecule has 6 heteroatoms. The maximum Gasteiger partial charge on any atom is 0.308 e. The summed E-state index contributed by atoms with van der Waals surface area (Å²) in [7, 11) is 0. The van der Waals surface area contributed by atoms with Gasteiger partial charge in [-0.1, -0.05) is 0 Å². The number of aryl methyl sites for hydroxylation is 1. The molecule has 1 aromatic rings. The van der Waals surface area contributed by atoms with Crippen LogP contribution in [0.15, 0.2) is 0 Å². The molecule has 18 heavy (non-hydrogen) atoms. The second kappa shape index (κ2) is 4.91. The summed E-state index contributed by atoms with van der Waals surface area (Å²) in [6, 6.07) is 0. The molecule has 1 fully saturated rings. The number of thioether (sulfide) groups is 1. The molecule has 98 valence electrons. The molecule has 0 radical (unpaired) electrons. The smallest absolute Gasteiger partial charge is 0.308 e. The highest BCUT2D eigenvalue weighted by atomic mass is 32.2. The Morgan fingerprint density at radius 1 is 1.33 bits per heavy atom. The number of aromatic nitrogens is 3. The Bertz CT molecular complexity index is 454. The third-order valence-electron chi connectivity index (χ3n) is 3.81. The van der Waals surface area contributed by atoms with Gasteiger partial charge in [0.1, 0.15) is 5.82 Å². The lowest BCUT2D eigenvalue weighted by Gasteiger charge is -2.18. The van der Waals surface area contributed by atoms with E-state index in [4.69, 9.17) is 5.11 Å². The summed E-state index contributed by atoms with van der Waals surface area (Å²) < 4.78 is 1.82. The van der Waals surface area contributed by atoms with Gasteiger partial charge < -0.3 is 5.11 Å². The lowest BCUT2D eigenvalue weighted by Crippen LogP contribution is -2.27. The highest BCUT2D eigenvalue weighted by Crippen LogP contribution is 2.30. The number of carboxylic acid groups (broad SMARTS) is 1. The van der Waals surface area contributed by atoms with Crippen molar-refractivity contribution in [2.75, 3.05) is 11.5 Å². The first-order chi connectivity index (χ1) is 8.74. The van der Waals surface area contributed by atoms with Gasteiger partial charge >= 0.3 is 5.97 Å². The summed E-state index contributed by atoms with van der Waals surface area (Å²) >= 11 is 1.99. The fraction of sp³-hybridized carbons (Fsp3) is 0.750. The first kappa shape index (κ1) is 12.0. The van der Waals surface area contributed by atoms with Crippen molar-refractivity contribution in [3.05, 3.63) is 11.6 Å². The van der Waals surface area contributed by atoms with Gasteiger partial charge in [-0.25, -0.2) is 9.67 Å². The van der Waals surface area contributed by atoms with Crippen LogP contribution in [-0.2, 0) is 17.8 Å². The Morgan fingerprint density at radius 3 is 2.83 bits per heavy atom. The first-order valence-corrected chi connectivity index (χ1v) is 7.63. The summed E-state index contributed by atoms with van der Waals surface area (Å²) in [5.41, 5.74) is 0. The zero-order chi connectivity index (χ0) is 12.5. The van der Waals surface area contributed by atoms with Crippen LogP contribution in [0.4, 0.5) is 0 Å². The van der Waals surface area contributed by atoms with E-state index >= 15 is 0 Å². The van der Waals surface area contributed by atoms with Crippen LogP contribution in [0, 0.1) is 5.92 Å². The highest BCUT2D eigenvalue weighted by molar-refractivity contribution is 7.99. The van der Waals surface area contributed by atoms with Crippen molar-refractivity contribution in [2.24, 2.45) is 5.92 Å². The Balaban J connectivity index is 1.78. The predicted molar refractivity (Wildman–Crippen MR) is 68.8 cm³/mol. The number of hydrogen-bond donors (Lipinski definition) is 1. The van der Waals surface area contributed by atoms with E-state index in [2.05, 4.69) is 10.1 Å². The fourth-order valence-corrected chi connectivity index (χ4v) is 3.77. The molecule has 3 heterocycles. The van der Waals surface area contributed by atoms with Gasteiger partial charge in [-0.2, -0.15) is 16.9 Å². The van der Waals surface area contributed by atoms with Crippen molar-refractivity contribution in [1.82, 2.24) is 14.8 Å². The zero-order valence-corrected chi connectivity index (χ0v) is 11.0. The van der Waals surface area contributed by atoms with Crippen LogP contribution < -0.4 is 0 Å². The Labute approximate surface area is 110 Å². The second-order valence-electron chi connectivity index (χ2n) is 5.03. The summed E-state index contributed by atoms with van der Waals surface area (Å²) in [4.78, 5) is 15.6. The van der Waals surface area contributed by atoms with Gasteiger partial charge in [0.15, 0.2) is 5.82 Å². The molecule has 1 aromatic heterocycles. The van der Waals surface area contributed by atoms with E-state index < -0.39 is 5.97 Å². The molecule has 1 N–H and O–H groups in total. The van der Waals surface area contributed by atoms with Crippen molar-refractivity contribution < 1.29 is 9.90 Å². The van der Waals surface area contributed by atoms with Crippen LogP contribution in [0.2, 0.25) is 0 Å². The van der Waals surface area contributed by atoms with E-state index in [-0.39, 0.29) is 5.92 Å². The van der Waals surface area contributed by atoms with Crippen LogP contribution in [0.1, 0.15) is 36.8 Å². The van der Waals surface area contributed by atoms with E-state index in [1.165, 1.54) is 11.5 Å². The van der Waals surface area contributed by atoms with Gasteiger partial charge in [0.25, 0.3) is 0 Å². The molecular weight excluding hydrogens is 250 g/mol. The third kappa shape index (κ3) is 2.25. The molecular formula is C12H17N3O2S. The van der Waals surface area contributed by atoms with Gasteiger partial charge in [0.05, 0.1) is 12.5 Å². The van der Waals surface area contributed by atoms with Crippen LogP contribution in [0.25, 0.3) is 0 Å². The molecule has 0 amide bonds. The summed E-state index contributed by atoms with van der Waals surface area (Å²) in [5, 5.41) is 13.6. The van der Waals surface area contributed by atoms with Crippen LogP contribution in [0.3, 0.4) is 0 Å². The van der Waals surface area contributed by atoms with Crippen molar-refractivity contribution >= 4 is 17.7 Å². The average Bonchev–Trinajstić information content (AvgIpc) is 2.82. The maximum absolute atomic E-state index is 11.0. The molecule has 0 saturated carbocycles. The van der Waals surface area contributed by atoms with Gasteiger partial charge in [-0.05, 0) is 30.8 Å². The molecule has 1 atom stereocenters. The van der Waals surface area contributed by atoms with Gasteiger partial charge in [0, 0.05) is 12.3 Å². The van der Waals surface area contributed by atoms with Crippen LogP contribution >= 0.6 is 11.8 Å². The minimum Gasteiger partial charge on any atom is -0.481 e. The van der Waals surface area contributed by atoms with Crippen LogP contribution in [0.5, 0.6) is 0 Å². The monoisotopic (exact) mass is 267 g/mol. The molecule has 5 nitrogen and oxygen atoms in total. The number of carbonyl (C=O) groups is 1. The van der Waals surface area contributed by atoms with E-state index in [1.807, 2.05) is 16.4 Å². The molecule has 1 unspecified atom stereocenters. The number of carboxylic acids is 1. The molecule has 1 saturated heterocycles. The van der Waals surface area contributed by atoms with Crippen molar-refractivity contribution in [1.29, 1.82) is 0 Å². The Hall–Kier alpha value is -1.04. The Kier molecular flexibility index (Phi) is 3.28. The molecule has 0 aliphatic carbocycles. The fourth-order valence-electron chi connectivity index (χ4n) is 2.66. The van der Waals surface area contributed by atoms with Gasteiger partial charge in [-0.3, -0.25) is 4.79 Å². The standard InChI is InChI=1S/C12H17N3O2S/c16-12(17)9-1-2-10-13-11(14-15(10)7-9)8-3-5-18-6-4-8/h8-9H,1-7H2,(H,16,17). The molecule has 3 rings (SSSR count). The predicted octanol–water partition coefficient (Wildman–Crippen LogP) is 1.54. The second-order valence-corrected chi connectivity index (χ2v) is 6.25. The number of rotatable bonds is 2. The van der Waals surface area contributed by atoms with Gasteiger partial charge in [0.2, 0.25) is 0 Å². The number of fused-ring (bicyclic) bond motifs is 1. The molecule has 0 bridgehead atoms. The zero-order valence-electron chi connectivity index (χ0n) is 10.2. The maximum atomic E-state index is 11.0. The number of aliphatic carboxylic acids is 1. The summed E-state index contributed by atoms with van der Waals surface area (Å²) in [5.74, 6) is 3.75. The lowest BCUT2D eigenvalue weighted by molar-refractivity contribution is -0.142. The summed E-state index contributed by atoms with van der Waals surface area (Å²) in [6.07, 6.45) is 3.73. The Morgan fingerprint density at radius 2 is 2.11 bits per heavy atom. The topological polar surface area (TPSA) is 68.0 Å². The lowest BCUT2D eigenvalue weighted by atomic mass is 10.0. The largest absolute Gasteiger partial charge is 0.481 e. The quantitative estimate of drug-likeness (QED) is 0.880. The summed E-state index contributed by atoms with van der Waals surface area (Å²) in [6.45, 7) is 0.485. The number of nitrogens with zero attached hydrogens (tertiary/aromatic N) is 3. The molecule has 2 aliphatic heterocycles. The third-order valence-corrected chi connectivity index (χ3v) is 4.86.